The molecule has 0 radical (unpaired) electrons. The van der Waals surface area contributed by atoms with Crippen LogP contribution in [0.3, 0.4) is 0 Å². The number of ether oxygens (including phenoxy) is 1. The van der Waals surface area contributed by atoms with Crippen LogP contribution in [0.25, 0.3) is 11.0 Å². The Kier molecular flexibility index (Phi) is 7.18. The van der Waals surface area contributed by atoms with E-state index >= 15 is 0 Å². The van der Waals surface area contributed by atoms with Gasteiger partial charge in [0.2, 0.25) is 0 Å². The van der Waals surface area contributed by atoms with E-state index in [1.165, 1.54) is 12.1 Å². The lowest BCUT2D eigenvalue weighted by Crippen LogP contribution is -2.36. The number of aliphatic hydroxyl groups is 1. The molecule has 1 aromatic heterocycles. The van der Waals surface area contributed by atoms with E-state index in [0.29, 0.717) is 54.3 Å². The fourth-order valence-electron chi connectivity index (χ4n) is 3.85. The maximum absolute atomic E-state index is 13.7. The largest absolute Gasteiger partial charge is 0.392 e. The summed E-state index contributed by atoms with van der Waals surface area (Å²) in [6, 6.07) is 6.07. The smallest absolute Gasteiger partial charge is 0.251 e. The molecule has 1 unspecified atom stereocenters. The van der Waals surface area contributed by atoms with Gasteiger partial charge < -0.3 is 25.4 Å². The first kappa shape index (κ1) is 23.8. The Morgan fingerprint density at radius 2 is 1.85 bits per heavy atom. The number of nitrogens with one attached hydrogen (secondary N) is 2. The SMILES string of the molecule is CC(Nc1cc(F)cc(F)c1)c1cc(C(=O)NC[C@H](C)O)cc2ncc(N3CCOCC3)nc12. The fourth-order valence-corrected chi connectivity index (χ4v) is 3.85. The molecule has 2 heterocycles. The number of carbonyl (C=O) groups excluding carboxylic acids is 1. The third-order valence-corrected chi connectivity index (χ3v) is 5.53. The van der Waals surface area contributed by atoms with Crippen molar-refractivity contribution in [2.45, 2.75) is 26.0 Å². The highest BCUT2D eigenvalue weighted by Crippen LogP contribution is 2.29. The van der Waals surface area contributed by atoms with Crippen molar-refractivity contribution in [2.24, 2.45) is 0 Å². The Bertz CT molecular complexity index is 1160. The summed E-state index contributed by atoms with van der Waals surface area (Å²) in [5, 5.41) is 15.3. The number of rotatable bonds is 7. The van der Waals surface area contributed by atoms with Crippen LogP contribution in [0, 0.1) is 11.6 Å². The van der Waals surface area contributed by atoms with Crippen molar-refractivity contribution in [2.75, 3.05) is 43.1 Å². The molecule has 3 aromatic rings. The van der Waals surface area contributed by atoms with Crippen LogP contribution in [0.2, 0.25) is 0 Å². The normalized spacial score (nSPS) is 15.7. The van der Waals surface area contributed by atoms with E-state index in [4.69, 9.17) is 9.72 Å². The minimum absolute atomic E-state index is 0.101. The Labute approximate surface area is 196 Å². The predicted molar refractivity (Wildman–Crippen MR) is 125 cm³/mol. The molecule has 1 fully saturated rings. The first-order valence-corrected chi connectivity index (χ1v) is 11.1. The highest BCUT2D eigenvalue weighted by Gasteiger charge is 2.20. The number of nitrogens with zero attached hydrogens (tertiary/aromatic N) is 3. The molecule has 0 saturated carbocycles. The van der Waals surface area contributed by atoms with Crippen LogP contribution in [0.1, 0.15) is 35.8 Å². The Morgan fingerprint density at radius 1 is 1.15 bits per heavy atom. The number of anilines is 2. The lowest BCUT2D eigenvalue weighted by molar-refractivity contribution is 0.0924. The Balaban J connectivity index is 1.74. The third-order valence-electron chi connectivity index (χ3n) is 5.53. The van der Waals surface area contributed by atoms with Crippen molar-refractivity contribution in [3.05, 3.63) is 59.3 Å². The molecule has 1 amide bonds. The number of aliphatic hydroxyl groups excluding tert-OH is 1. The summed E-state index contributed by atoms with van der Waals surface area (Å²) < 4.78 is 32.9. The number of fused-ring (bicyclic) bond motifs is 1. The van der Waals surface area contributed by atoms with Gasteiger partial charge in [0.15, 0.2) is 0 Å². The number of carbonyl (C=O) groups is 1. The molecular weight excluding hydrogens is 444 g/mol. The quantitative estimate of drug-likeness (QED) is 0.487. The minimum Gasteiger partial charge on any atom is -0.392 e. The Morgan fingerprint density at radius 3 is 2.53 bits per heavy atom. The van der Waals surface area contributed by atoms with E-state index in [1.54, 1.807) is 25.3 Å². The first-order valence-electron chi connectivity index (χ1n) is 11.1. The summed E-state index contributed by atoms with van der Waals surface area (Å²) in [5.74, 6) is -1.07. The molecule has 3 N–H and O–H groups in total. The molecule has 0 bridgehead atoms. The zero-order chi connectivity index (χ0) is 24.2. The molecule has 0 spiro atoms. The molecule has 8 nitrogen and oxygen atoms in total. The zero-order valence-electron chi connectivity index (χ0n) is 19.0. The summed E-state index contributed by atoms with van der Waals surface area (Å²) >= 11 is 0. The first-order chi connectivity index (χ1) is 16.3. The number of amides is 1. The number of halogens is 2. The van der Waals surface area contributed by atoms with Crippen molar-refractivity contribution in [1.82, 2.24) is 15.3 Å². The van der Waals surface area contributed by atoms with E-state index in [9.17, 15) is 18.7 Å². The van der Waals surface area contributed by atoms with E-state index < -0.39 is 23.8 Å². The van der Waals surface area contributed by atoms with Crippen LogP contribution in [0.4, 0.5) is 20.3 Å². The number of hydrogen-bond donors (Lipinski definition) is 3. The van der Waals surface area contributed by atoms with E-state index in [-0.39, 0.29) is 18.1 Å². The highest BCUT2D eigenvalue weighted by atomic mass is 19.1. The van der Waals surface area contributed by atoms with Gasteiger partial charge in [-0.3, -0.25) is 9.78 Å². The topological polar surface area (TPSA) is 99.6 Å². The maximum Gasteiger partial charge on any atom is 0.251 e. The lowest BCUT2D eigenvalue weighted by atomic mass is 10.0. The molecule has 0 aliphatic carbocycles. The van der Waals surface area contributed by atoms with Gasteiger partial charge in [-0.1, -0.05) is 0 Å². The van der Waals surface area contributed by atoms with Crippen molar-refractivity contribution < 1.29 is 23.4 Å². The molecule has 34 heavy (non-hydrogen) atoms. The average Bonchev–Trinajstić information content (AvgIpc) is 2.81. The van der Waals surface area contributed by atoms with Gasteiger partial charge in [0.05, 0.1) is 42.6 Å². The van der Waals surface area contributed by atoms with Crippen LogP contribution in [0.5, 0.6) is 0 Å². The van der Waals surface area contributed by atoms with Gasteiger partial charge in [0.25, 0.3) is 5.91 Å². The summed E-state index contributed by atoms with van der Waals surface area (Å²) in [6.07, 6.45) is 0.970. The molecule has 10 heteroatoms. The molecule has 2 aromatic carbocycles. The van der Waals surface area contributed by atoms with Gasteiger partial charge >= 0.3 is 0 Å². The highest BCUT2D eigenvalue weighted by molar-refractivity contribution is 5.98. The van der Waals surface area contributed by atoms with E-state index in [0.717, 1.165) is 6.07 Å². The van der Waals surface area contributed by atoms with Crippen LogP contribution >= 0.6 is 0 Å². The van der Waals surface area contributed by atoms with Crippen LogP contribution in [-0.4, -0.2) is 59.9 Å². The van der Waals surface area contributed by atoms with Gasteiger partial charge in [-0.2, -0.15) is 0 Å². The number of hydrogen-bond acceptors (Lipinski definition) is 7. The Hall–Kier alpha value is -3.37. The molecule has 1 aliphatic rings. The molecule has 1 saturated heterocycles. The van der Waals surface area contributed by atoms with E-state index in [2.05, 4.69) is 20.5 Å². The van der Waals surface area contributed by atoms with Gasteiger partial charge in [-0.15, -0.1) is 0 Å². The predicted octanol–water partition coefficient (Wildman–Crippen LogP) is 3.03. The summed E-state index contributed by atoms with van der Waals surface area (Å²) in [7, 11) is 0. The van der Waals surface area contributed by atoms with Crippen LogP contribution in [-0.2, 0) is 4.74 Å². The summed E-state index contributed by atoms with van der Waals surface area (Å²) in [4.78, 5) is 24.2. The minimum atomic E-state index is -0.694. The van der Waals surface area contributed by atoms with E-state index in [1.807, 2.05) is 6.92 Å². The number of aromatic nitrogens is 2. The maximum atomic E-state index is 13.7. The van der Waals surface area contributed by atoms with Crippen molar-refractivity contribution in [1.29, 1.82) is 0 Å². The van der Waals surface area contributed by atoms with Crippen LogP contribution in [0.15, 0.2) is 36.5 Å². The van der Waals surface area contributed by atoms with Gasteiger partial charge in [0, 0.05) is 42.5 Å². The van der Waals surface area contributed by atoms with Crippen molar-refractivity contribution in [3.63, 3.8) is 0 Å². The summed E-state index contributed by atoms with van der Waals surface area (Å²) in [5.41, 5.74) is 2.34. The van der Waals surface area contributed by atoms with Gasteiger partial charge in [-0.05, 0) is 38.1 Å². The second-order valence-corrected chi connectivity index (χ2v) is 8.34. The second kappa shape index (κ2) is 10.3. The molecular formula is C24H27F2N5O3. The standard InChI is InChI=1S/C24H27F2N5O3/c1-14(32)12-28-24(33)16-7-20(15(2)29-19-10-17(25)9-18(26)11-19)23-21(8-16)27-13-22(30-23)31-3-5-34-6-4-31/h7-11,13-15,29,32H,3-6,12H2,1-2H3,(H,28,33)/t14-,15?/m0/s1. The molecule has 1 aliphatic heterocycles. The number of benzene rings is 2. The van der Waals surface area contributed by atoms with Crippen molar-refractivity contribution >= 4 is 28.4 Å². The second-order valence-electron chi connectivity index (χ2n) is 8.34. The number of morpholine rings is 1. The lowest BCUT2D eigenvalue weighted by Gasteiger charge is -2.28. The molecule has 180 valence electrons. The summed E-state index contributed by atoms with van der Waals surface area (Å²) in [6.45, 7) is 6.06. The monoisotopic (exact) mass is 471 g/mol. The van der Waals surface area contributed by atoms with Crippen molar-refractivity contribution in [3.8, 4) is 0 Å². The average molecular weight is 472 g/mol. The van der Waals surface area contributed by atoms with Gasteiger partial charge in [-0.25, -0.2) is 13.8 Å². The third kappa shape index (κ3) is 5.57. The molecule has 4 rings (SSSR count). The molecule has 2 atom stereocenters. The van der Waals surface area contributed by atoms with Crippen LogP contribution < -0.4 is 15.5 Å². The zero-order valence-corrected chi connectivity index (χ0v) is 19.0. The fraction of sp³-hybridized carbons (Fsp3) is 0.375. The van der Waals surface area contributed by atoms with Gasteiger partial charge in [0.1, 0.15) is 17.5 Å².